The van der Waals surface area contributed by atoms with Gasteiger partial charge in [0.2, 0.25) is 0 Å². The molecular formula is C54H48F36O6Si. The van der Waals surface area contributed by atoms with Crippen LogP contribution in [0.25, 0.3) is 6.08 Å². The Morgan fingerprint density at radius 2 is 0.505 bits per heavy atom. The summed E-state index contributed by atoms with van der Waals surface area (Å²) in [7, 11) is -4.23. The molecule has 556 valence electrons. The summed E-state index contributed by atoms with van der Waals surface area (Å²) in [6, 6.07) is -3.06. The van der Waals surface area contributed by atoms with Gasteiger partial charge in [0.15, 0.2) is 0 Å². The molecule has 6 nitrogen and oxygen atoms in total. The topological polar surface area (TPSA) is 121 Å². The molecule has 0 aromatic heterocycles. The second-order valence-corrected chi connectivity index (χ2v) is 27.3. The number of aliphatic hydroxyl groups is 6. The summed E-state index contributed by atoms with van der Waals surface area (Å²) in [6.07, 6.45) is -92.8. The zero-order valence-corrected chi connectivity index (χ0v) is 48.8. The van der Waals surface area contributed by atoms with Crippen LogP contribution < -0.4 is 0 Å². The van der Waals surface area contributed by atoms with Gasteiger partial charge in [-0.15, -0.1) is 0 Å². The van der Waals surface area contributed by atoms with E-state index in [-0.39, 0.29) is 23.3 Å². The lowest BCUT2D eigenvalue weighted by Gasteiger charge is -2.36. The van der Waals surface area contributed by atoms with Crippen LogP contribution in [0.1, 0.15) is 89.5 Å². The number of aryl methyl sites for hydroxylation is 3. The van der Waals surface area contributed by atoms with Crippen molar-refractivity contribution in [1.29, 1.82) is 0 Å². The van der Waals surface area contributed by atoms with E-state index in [1.807, 2.05) is 0 Å². The second-order valence-electron chi connectivity index (χ2n) is 22.3. The lowest BCUT2D eigenvalue weighted by atomic mass is 9.83. The van der Waals surface area contributed by atoms with Crippen molar-refractivity contribution >= 4 is 14.1 Å². The van der Waals surface area contributed by atoms with Crippen LogP contribution in [0.15, 0.2) is 78.9 Å². The predicted molar refractivity (Wildman–Crippen MR) is 264 cm³/mol. The fourth-order valence-corrected chi connectivity index (χ4v) is 15.4. The van der Waals surface area contributed by atoms with Crippen molar-refractivity contribution in [1.82, 2.24) is 0 Å². The highest BCUT2D eigenvalue weighted by Crippen LogP contribution is 2.57. The van der Waals surface area contributed by atoms with Gasteiger partial charge < -0.3 is 30.6 Å². The molecule has 0 fully saturated rings. The first-order valence-corrected chi connectivity index (χ1v) is 29.6. The van der Waals surface area contributed by atoms with Crippen LogP contribution in [-0.2, 0) is 41.7 Å². The quantitative estimate of drug-likeness (QED) is 0.0218. The van der Waals surface area contributed by atoms with Gasteiger partial charge in [-0.25, -0.2) is 0 Å². The number of hydrogen-bond donors (Lipinski definition) is 6. The predicted octanol–water partition coefficient (Wildman–Crippen LogP) is 18.4. The molecule has 0 bridgehead atoms. The Kier molecular flexibility index (Phi) is 24.9. The Balaban J connectivity index is 2.46. The first kappa shape index (κ1) is 85.8. The monoisotopic (exact) mass is 1500 g/mol. The minimum Gasteiger partial charge on any atom is -0.373 e. The zero-order valence-electron chi connectivity index (χ0n) is 47.8. The van der Waals surface area contributed by atoms with Gasteiger partial charge in [0.05, 0.1) is 8.07 Å². The van der Waals surface area contributed by atoms with Crippen molar-refractivity contribution in [2.24, 2.45) is 0 Å². The standard InChI is InChI=1S/C54H48F36O6Si/c55-43(56,57)37(91,44(58,59)60)17-3-1-2-4-19-97(20-6-10-30-15-13-29(14-16-30)9-5-18-38(92,45(61,62)63)46(64,65)66,21-7-11-31-23-33(39(93,47(67,68)69)48(70,71)72)27-34(24-31)40(94,49(73,74)75)50(76,77)78)22-8-12-32-25-35(41(95,51(79,80)81)52(82,83)84)28-36(26-32)42(96,53(85,86)87)54(88,89)90/h1,3,5,9,13-16,23-28,91-96H,2,4,6-8,10-12,17-22H2. The molecule has 0 heterocycles. The summed E-state index contributed by atoms with van der Waals surface area (Å²) in [5.74, 6) is 0. The van der Waals surface area contributed by atoms with Crippen LogP contribution in [0, 0.1) is 0 Å². The van der Waals surface area contributed by atoms with E-state index in [0.717, 1.165) is 24.3 Å². The molecule has 0 unspecified atom stereocenters. The molecule has 3 aromatic carbocycles. The van der Waals surface area contributed by atoms with Crippen molar-refractivity contribution in [3.63, 3.8) is 0 Å². The fraction of sp³-hybridized carbons (Fsp3) is 0.593. The Labute approximate surface area is 521 Å². The minimum atomic E-state index is -7.13. The minimum absolute atomic E-state index is 0.0489. The van der Waals surface area contributed by atoms with Crippen LogP contribution in [0.5, 0.6) is 0 Å². The number of rotatable bonds is 25. The summed E-state index contributed by atoms with van der Waals surface area (Å²) < 4.78 is 501. The molecule has 0 saturated carbocycles. The van der Waals surface area contributed by atoms with E-state index in [1.54, 1.807) is 0 Å². The molecule has 0 aliphatic rings. The Morgan fingerprint density at radius 3 is 0.753 bits per heavy atom. The van der Waals surface area contributed by atoms with Crippen LogP contribution in [0.3, 0.4) is 0 Å². The SMILES string of the molecule is OC(CC=CCCC[Si](CCCc1ccc(C=CCC(O)(C(F)(F)F)C(F)(F)F)cc1)(CCCc1cc(C(O)(C(F)(F)F)C(F)(F)F)cc(C(O)(C(F)(F)F)C(F)(F)F)c1)CCCc1cc(C(O)(C(F)(F)F)C(F)(F)F)cc(C(O)(C(F)(F)F)C(F)(F)F)c1)(C(F)(F)F)C(F)(F)F. The number of allylic oxidation sites excluding steroid dienone is 1. The summed E-state index contributed by atoms with van der Waals surface area (Å²) in [4.78, 5) is 0. The van der Waals surface area contributed by atoms with E-state index in [1.165, 1.54) is 0 Å². The van der Waals surface area contributed by atoms with Gasteiger partial charge in [0.25, 0.3) is 33.6 Å². The number of unbranched alkanes of at least 4 members (excludes halogenated alkanes) is 1. The van der Waals surface area contributed by atoms with Gasteiger partial charge in [-0.3, -0.25) is 0 Å². The molecule has 0 radical (unpaired) electrons. The highest BCUT2D eigenvalue weighted by molar-refractivity contribution is 6.79. The lowest BCUT2D eigenvalue weighted by Crippen LogP contribution is -2.56. The van der Waals surface area contributed by atoms with Crippen molar-refractivity contribution in [3.05, 3.63) is 123 Å². The third kappa shape index (κ3) is 17.9. The van der Waals surface area contributed by atoms with Gasteiger partial charge in [0.1, 0.15) is 0 Å². The van der Waals surface area contributed by atoms with Crippen molar-refractivity contribution in [2.75, 3.05) is 0 Å². The third-order valence-electron chi connectivity index (χ3n) is 15.7. The average Bonchev–Trinajstić information content (AvgIpc) is 0.732. The Hall–Kier alpha value is -5.40. The van der Waals surface area contributed by atoms with Crippen LogP contribution in [0.2, 0.25) is 24.2 Å². The van der Waals surface area contributed by atoms with Gasteiger partial charge in [0, 0.05) is 35.1 Å². The van der Waals surface area contributed by atoms with E-state index < -0.39 is 274 Å². The summed E-state index contributed by atoms with van der Waals surface area (Å²) in [6.45, 7) is 0. The number of alkyl halides is 36. The second kappa shape index (κ2) is 28.2. The largest absolute Gasteiger partial charge is 0.430 e. The smallest absolute Gasteiger partial charge is 0.373 e. The molecule has 0 aliphatic carbocycles. The average molecular weight is 1500 g/mol. The molecular weight excluding hydrogens is 1460 g/mol. The molecule has 43 heteroatoms. The van der Waals surface area contributed by atoms with E-state index in [9.17, 15) is 189 Å². The van der Waals surface area contributed by atoms with Crippen molar-refractivity contribution in [2.45, 2.75) is 196 Å². The molecule has 0 aliphatic heterocycles. The van der Waals surface area contributed by atoms with Gasteiger partial charge in [-0.1, -0.05) is 123 Å². The zero-order chi connectivity index (χ0) is 75.9. The van der Waals surface area contributed by atoms with E-state index >= 15 is 0 Å². The highest BCUT2D eigenvalue weighted by atomic mass is 28.3. The molecule has 3 rings (SSSR count). The Bertz CT molecular complexity index is 2820. The maximum atomic E-state index is 14.2. The molecule has 0 saturated heterocycles. The molecule has 0 spiro atoms. The number of halogens is 36. The summed E-state index contributed by atoms with van der Waals surface area (Å²) >= 11 is 0. The van der Waals surface area contributed by atoms with Gasteiger partial charge in [-0.2, -0.15) is 158 Å². The van der Waals surface area contributed by atoms with Crippen molar-refractivity contribution < 1.29 is 189 Å². The summed E-state index contributed by atoms with van der Waals surface area (Å²) in [5, 5.41) is 59.6. The molecule has 0 amide bonds. The highest BCUT2D eigenvalue weighted by Gasteiger charge is 2.77. The third-order valence-corrected chi connectivity index (χ3v) is 21.4. The molecule has 97 heavy (non-hydrogen) atoms. The maximum absolute atomic E-state index is 14.2. The maximum Gasteiger partial charge on any atom is 0.430 e. The first-order chi connectivity index (χ1) is 42.9. The van der Waals surface area contributed by atoms with Crippen LogP contribution in [-0.4, -0.2) is 124 Å². The molecule has 0 atom stereocenters. The lowest BCUT2D eigenvalue weighted by molar-refractivity contribution is -0.379. The number of hydrogen-bond acceptors (Lipinski definition) is 6. The fourth-order valence-electron chi connectivity index (χ4n) is 10.1. The van der Waals surface area contributed by atoms with E-state index in [0.29, 0.717) is 12.2 Å². The summed E-state index contributed by atoms with van der Waals surface area (Å²) in [5.41, 5.74) is -51.3. The normalized spacial score (nSPS) is 15.4. The van der Waals surface area contributed by atoms with Crippen molar-refractivity contribution in [3.8, 4) is 0 Å². The van der Waals surface area contributed by atoms with Gasteiger partial charge >= 0.3 is 74.1 Å². The van der Waals surface area contributed by atoms with Crippen LogP contribution >= 0.6 is 0 Å². The van der Waals surface area contributed by atoms with E-state index in [4.69, 9.17) is 0 Å². The van der Waals surface area contributed by atoms with Gasteiger partial charge in [-0.05, 0) is 60.1 Å². The first-order valence-electron chi connectivity index (χ1n) is 26.8. The molecule has 6 N–H and O–H groups in total. The molecule has 3 aromatic rings. The van der Waals surface area contributed by atoms with Crippen LogP contribution in [0.4, 0.5) is 158 Å². The van der Waals surface area contributed by atoms with E-state index in [2.05, 4.69) is 0 Å². The number of benzene rings is 3. The Morgan fingerprint density at radius 1 is 0.268 bits per heavy atom.